The fourth-order valence-electron chi connectivity index (χ4n) is 3.05. The maximum absolute atomic E-state index is 12.2. The Morgan fingerprint density at radius 3 is 2.71 bits per heavy atom. The Morgan fingerprint density at radius 2 is 2.05 bits per heavy atom. The lowest BCUT2D eigenvalue weighted by Crippen LogP contribution is -2.27. The number of carbonyl (C=O) groups excluding carboxylic acids is 1. The number of H-pyrrole nitrogens is 1. The minimum atomic E-state index is -0.425. The SMILES string of the molecule is COC(=O)c1ccc2c(c1)[nH]c(=O)n2[C@H]1CC[C@H](O)CC1. The van der Waals surface area contributed by atoms with Crippen molar-refractivity contribution in [3.05, 3.63) is 34.2 Å². The standard InChI is InChI=1S/C15H18N2O4/c1-21-14(19)9-2-7-13-12(8-9)16-15(20)17(13)10-3-5-11(18)6-4-10/h2,7-8,10-11,18H,3-6H2,1H3,(H,16,20)/t10-,11-. The number of methoxy groups -OCH3 is 1. The molecule has 6 nitrogen and oxygen atoms in total. The molecule has 6 heteroatoms. The Kier molecular flexibility index (Phi) is 3.55. The highest BCUT2D eigenvalue weighted by molar-refractivity contribution is 5.93. The first-order chi connectivity index (χ1) is 10.1. The first-order valence-corrected chi connectivity index (χ1v) is 7.11. The molecule has 0 amide bonds. The second-order valence-electron chi connectivity index (χ2n) is 5.49. The zero-order chi connectivity index (χ0) is 15.0. The minimum absolute atomic E-state index is 0.0960. The van der Waals surface area contributed by atoms with E-state index in [0.29, 0.717) is 23.9 Å². The summed E-state index contributed by atoms with van der Waals surface area (Å²) in [5.41, 5.74) is 1.66. The highest BCUT2D eigenvalue weighted by atomic mass is 16.5. The van der Waals surface area contributed by atoms with Crippen LogP contribution in [0, 0.1) is 0 Å². The molecule has 1 fully saturated rings. The van der Waals surface area contributed by atoms with Crippen LogP contribution in [-0.4, -0.2) is 33.8 Å². The Labute approximate surface area is 121 Å². The molecule has 0 saturated heterocycles. The molecule has 0 atom stereocenters. The lowest BCUT2D eigenvalue weighted by molar-refractivity contribution is 0.0601. The number of carbonyl (C=O) groups is 1. The number of ether oxygens (including phenoxy) is 1. The van der Waals surface area contributed by atoms with Gasteiger partial charge >= 0.3 is 11.7 Å². The van der Waals surface area contributed by atoms with E-state index in [-0.39, 0.29) is 17.8 Å². The zero-order valence-corrected chi connectivity index (χ0v) is 11.8. The summed E-state index contributed by atoms with van der Waals surface area (Å²) < 4.78 is 6.42. The molecule has 0 bridgehead atoms. The number of aromatic amines is 1. The number of aliphatic hydroxyl groups is 1. The molecule has 0 unspecified atom stereocenters. The van der Waals surface area contributed by atoms with Gasteiger partial charge in [0.25, 0.3) is 0 Å². The van der Waals surface area contributed by atoms with Crippen LogP contribution in [0.1, 0.15) is 42.1 Å². The molecule has 0 spiro atoms. The van der Waals surface area contributed by atoms with Crippen LogP contribution in [0.15, 0.2) is 23.0 Å². The van der Waals surface area contributed by atoms with Crippen molar-refractivity contribution in [1.82, 2.24) is 9.55 Å². The van der Waals surface area contributed by atoms with Gasteiger partial charge in [0.2, 0.25) is 0 Å². The van der Waals surface area contributed by atoms with Gasteiger partial charge in [-0.1, -0.05) is 0 Å². The third kappa shape index (κ3) is 2.47. The van der Waals surface area contributed by atoms with Gasteiger partial charge in [-0.2, -0.15) is 0 Å². The van der Waals surface area contributed by atoms with E-state index >= 15 is 0 Å². The van der Waals surface area contributed by atoms with Crippen LogP contribution in [0.5, 0.6) is 0 Å². The molecule has 1 aromatic heterocycles. The summed E-state index contributed by atoms with van der Waals surface area (Å²) in [6.45, 7) is 0. The summed E-state index contributed by atoms with van der Waals surface area (Å²) in [4.78, 5) is 26.5. The number of rotatable bonds is 2. The van der Waals surface area contributed by atoms with E-state index in [1.165, 1.54) is 7.11 Å². The second-order valence-corrected chi connectivity index (χ2v) is 5.49. The normalized spacial score (nSPS) is 22.4. The number of benzene rings is 1. The van der Waals surface area contributed by atoms with Gasteiger partial charge in [0.05, 0.1) is 29.8 Å². The van der Waals surface area contributed by atoms with Crippen molar-refractivity contribution in [3.63, 3.8) is 0 Å². The number of nitrogens with zero attached hydrogens (tertiary/aromatic N) is 1. The summed E-state index contributed by atoms with van der Waals surface area (Å²) in [6.07, 6.45) is 2.74. The van der Waals surface area contributed by atoms with Gasteiger partial charge in [-0.15, -0.1) is 0 Å². The van der Waals surface area contributed by atoms with Crippen LogP contribution >= 0.6 is 0 Å². The van der Waals surface area contributed by atoms with Crippen LogP contribution < -0.4 is 5.69 Å². The summed E-state index contributed by atoms with van der Waals surface area (Å²) in [5, 5.41) is 9.59. The van der Waals surface area contributed by atoms with Gasteiger partial charge in [0.15, 0.2) is 0 Å². The molecule has 3 rings (SSSR count). The summed E-state index contributed by atoms with van der Waals surface area (Å²) in [7, 11) is 1.33. The predicted octanol–water partition coefficient (Wildman–Crippen LogP) is 1.59. The molecule has 1 aromatic carbocycles. The van der Waals surface area contributed by atoms with Crippen molar-refractivity contribution in [2.75, 3.05) is 7.11 Å². The van der Waals surface area contributed by atoms with Gasteiger partial charge in [0, 0.05) is 6.04 Å². The van der Waals surface area contributed by atoms with Crippen molar-refractivity contribution < 1.29 is 14.6 Å². The van der Waals surface area contributed by atoms with Gasteiger partial charge in [-0.05, 0) is 43.9 Å². The predicted molar refractivity (Wildman–Crippen MR) is 77.4 cm³/mol. The number of fused-ring (bicyclic) bond motifs is 1. The highest BCUT2D eigenvalue weighted by Crippen LogP contribution is 2.29. The van der Waals surface area contributed by atoms with Crippen molar-refractivity contribution in [2.45, 2.75) is 37.8 Å². The van der Waals surface area contributed by atoms with Crippen LogP contribution in [-0.2, 0) is 4.74 Å². The number of aliphatic hydroxyl groups excluding tert-OH is 1. The summed E-state index contributed by atoms with van der Waals surface area (Å²) in [6, 6.07) is 5.16. The smallest absolute Gasteiger partial charge is 0.337 e. The Balaban J connectivity index is 2.02. The molecular weight excluding hydrogens is 272 g/mol. The molecule has 112 valence electrons. The van der Waals surface area contributed by atoms with Crippen molar-refractivity contribution in [2.24, 2.45) is 0 Å². The van der Waals surface area contributed by atoms with Crippen molar-refractivity contribution in [3.8, 4) is 0 Å². The average molecular weight is 290 g/mol. The first kappa shape index (κ1) is 13.9. The van der Waals surface area contributed by atoms with Crippen LogP contribution in [0.2, 0.25) is 0 Å². The monoisotopic (exact) mass is 290 g/mol. The van der Waals surface area contributed by atoms with E-state index in [2.05, 4.69) is 9.72 Å². The molecule has 21 heavy (non-hydrogen) atoms. The fraction of sp³-hybridized carbons (Fsp3) is 0.467. The van der Waals surface area contributed by atoms with Gasteiger partial charge in [-0.25, -0.2) is 9.59 Å². The van der Waals surface area contributed by atoms with E-state index in [0.717, 1.165) is 18.4 Å². The topological polar surface area (TPSA) is 84.3 Å². The minimum Gasteiger partial charge on any atom is -0.465 e. The molecule has 1 saturated carbocycles. The largest absolute Gasteiger partial charge is 0.465 e. The third-order valence-electron chi connectivity index (χ3n) is 4.17. The van der Waals surface area contributed by atoms with Crippen molar-refractivity contribution >= 4 is 17.0 Å². The molecule has 2 aromatic rings. The number of aromatic nitrogens is 2. The Morgan fingerprint density at radius 1 is 1.33 bits per heavy atom. The number of hydrogen-bond acceptors (Lipinski definition) is 4. The highest BCUT2D eigenvalue weighted by Gasteiger charge is 2.24. The first-order valence-electron chi connectivity index (χ1n) is 7.11. The fourth-order valence-corrected chi connectivity index (χ4v) is 3.05. The number of hydrogen-bond donors (Lipinski definition) is 2. The molecule has 0 radical (unpaired) electrons. The van der Waals surface area contributed by atoms with E-state index in [1.807, 2.05) is 0 Å². The Bertz CT molecular complexity index is 723. The molecule has 1 heterocycles. The molecule has 2 N–H and O–H groups in total. The zero-order valence-electron chi connectivity index (χ0n) is 11.8. The second kappa shape index (κ2) is 5.37. The summed E-state index contributed by atoms with van der Waals surface area (Å²) in [5.74, 6) is -0.425. The quantitative estimate of drug-likeness (QED) is 0.823. The average Bonchev–Trinajstić information content (AvgIpc) is 2.82. The van der Waals surface area contributed by atoms with Crippen LogP contribution in [0.4, 0.5) is 0 Å². The van der Waals surface area contributed by atoms with E-state index in [1.54, 1.807) is 22.8 Å². The Hall–Kier alpha value is -2.08. The van der Waals surface area contributed by atoms with Crippen LogP contribution in [0.3, 0.4) is 0 Å². The molecule has 0 aliphatic heterocycles. The lowest BCUT2D eigenvalue weighted by atomic mass is 9.93. The van der Waals surface area contributed by atoms with Gasteiger partial charge in [0.1, 0.15) is 0 Å². The maximum atomic E-state index is 12.2. The maximum Gasteiger partial charge on any atom is 0.337 e. The van der Waals surface area contributed by atoms with Crippen molar-refractivity contribution in [1.29, 1.82) is 0 Å². The van der Waals surface area contributed by atoms with E-state index < -0.39 is 5.97 Å². The molecule has 1 aliphatic carbocycles. The number of nitrogens with one attached hydrogen (secondary N) is 1. The van der Waals surface area contributed by atoms with E-state index in [4.69, 9.17) is 0 Å². The van der Waals surface area contributed by atoms with E-state index in [9.17, 15) is 14.7 Å². The lowest BCUT2D eigenvalue weighted by Gasteiger charge is -2.26. The van der Waals surface area contributed by atoms with Gasteiger partial charge < -0.3 is 14.8 Å². The summed E-state index contributed by atoms with van der Waals surface area (Å²) >= 11 is 0. The van der Waals surface area contributed by atoms with Gasteiger partial charge in [-0.3, -0.25) is 4.57 Å². The third-order valence-corrected chi connectivity index (χ3v) is 4.17. The molecular formula is C15H18N2O4. The molecule has 1 aliphatic rings. The number of esters is 1. The number of imidazole rings is 1. The van der Waals surface area contributed by atoms with Crippen LogP contribution in [0.25, 0.3) is 11.0 Å².